The molecular formula is C42H24N4OS. The van der Waals surface area contributed by atoms with E-state index in [1.54, 1.807) is 11.3 Å². The molecule has 224 valence electrons. The Morgan fingerprint density at radius 1 is 0.458 bits per heavy atom. The van der Waals surface area contributed by atoms with Crippen LogP contribution in [0.2, 0.25) is 0 Å². The first kappa shape index (κ1) is 26.9. The van der Waals surface area contributed by atoms with Gasteiger partial charge in [-0.2, -0.15) is 0 Å². The van der Waals surface area contributed by atoms with Gasteiger partial charge in [0.15, 0.2) is 17.5 Å². The van der Waals surface area contributed by atoms with Crippen LogP contribution in [0.3, 0.4) is 0 Å². The summed E-state index contributed by atoms with van der Waals surface area (Å²) in [5.74, 6) is 1.88. The summed E-state index contributed by atoms with van der Waals surface area (Å²) >= 11 is 1.77. The van der Waals surface area contributed by atoms with Gasteiger partial charge in [-0.1, -0.05) is 109 Å². The standard InChI is InChI=1S/C42H24N4OS/c1-2-12-25(13-3-1)40-44-41(46-42(45-40)32-20-11-19-29-28-16-6-9-23-35(28)48-39(29)32)27-15-10-14-26(24-27)37-36-31-18-5-8-22-34(31)47-38(36)30-17-4-7-21-33(30)43-37/h1-24H. The van der Waals surface area contributed by atoms with Gasteiger partial charge in [0.05, 0.1) is 16.6 Å². The van der Waals surface area contributed by atoms with Gasteiger partial charge in [0.1, 0.15) is 11.2 Å². The van der Waals surface area contributed by atoms with Crippen molar-refractivity contribution in [1.82, 2.24) is 19.9 Å². The van der Waals surface area contributed by atoms with Crippen molar-refractivity contribution in [3.63, 3.8) is 0 Å². The summed E-state index contributed by atoms with van der Waals surface area (Å²) in [7, 11) is 0. The lowest BCUT2D eigenvalue weighted by molar-refractivity contribution is 0.672. The monoisotopic (exact) mass is 632 g/mol. The van der Waals surface area contributed by atoms with Gasteiger partial charge in [-0.05, 0) is 36.4 Å². The molecule has 0 radical (unpaired) electrons. The Balaban J connectivity index is 1.20. The lowest BCUT2D eigenvalue weighted by atomic mass is 10.0. The van der Waals surface area contributed by atoms with Gasteiger partial charge in [0, 0.05) is 53.2 Å². The summed E-state index contributed by atoms with van der Waals surface area (Å²) in [6, 6.07) is 49.7. The molecule has 0 saturated carbocycles. The van der Waals surface area contributed by atoms with Gasteiger partial charge in [0.2, 0.25) is 0 Å². The lowest BCUT2D eigenvalue weighted by Crippen LogP contribution is -2.00. The molecule has 0 aliphatic carbocycles. The Hall–Kier alpha value is -6.24. The van der Waals surface area contributed by atoms with Gasteiger partial charge < -0.3 is 4.42 Å². The highest BCUT2D eigenvalue weighted by Crippen LogP contribution is 2.41. The minimum Gasteiger partial charge on any atom is -0.455 e. The van der Waals surface area contributed by atoms with E-state index in [9.17, 15) is 0 Å². The maximum Gasteiger partial charge on any atom is 0.165 e. The molecule has 0 aliphatic rings. The van der Waals surface area contributed by atoms with Crippen molar-refractivity contribution in [3.8, 4) is 45.4 Å². The summed E-state index contributed by atoms with van der Waals surface area (Å²) < 4.78 is 8.86. The molecule has 0 fully saturated rings. The van der Waals surface area contributed by atoms with E-state index in [4.69, 9.17) is 24.4 Å². The zero-order valence-corrected chi connectivity index (χ0v) is 26.3. The number of hydrogen-bond acceptors (Lipinski definition) is 6. The van der Waals surface area contributed by atoms with Crippen LogP contribution in [-0.2, 0) is 0 Å². The molecule has 10 aromatic rings. The number of para-hydroxylation sites is 2. The summed E-state index contributed by atoms with van der Waals surface area (Å²) in [6.45, 7) is 0. The number of rotatable bonds is 4. The fourth-order valence-corrected chi connectivity index (χ4v) is 7.90. The van der Waals surface area contributed by atoms with Crippen LogP contribution in [0.25, 0.3) is 98.4 Å². The molecule has 0 spiro atoms. The van der Waals surface area contributed by atoms with Gasteiger partial charge in [-0.15, -0.1) is 11.3 Å². The first-order valence-corrected chi connectivity index (χ1v) is 16.6. The van der Waals surface area contributed by atoms with Crippen LogP contribution in [0.4, 0.5) is 0 Å². The van der Waals surface area contributed by atoms with Crippen molar-refractivity contribution in [2.24, 2.45) is 0 Å². The largest absolute Gasteiger partial charge is 0.455 e. The highest BCUT2D eigenvalue weighted by molar-refractivity contribution is 7.26. The fourth-order valence-electron chi connectivity index (χ4n) is 6.69. The Kier molecular flexibility index (Phi) is 5.98. The number of thiophene rings is 1. The summed E-state index contributed by atoms with van der Waals surface area (Å²) in [5, 5.41) is 5.48. The molecule has 0 atom stereocenters. The predicted octanol–water partition coefficient (Wildman–Crippen LogP) is 11.4. The molecule has 4 heterocycles. The number of pyridine rings is 1. The van der Waals surface area contributed by atoms with E-state index in [1.165, 1.54) is 20.2 Å². The molecule has 0 saturated heterocycles. The molecular weight excluding hydrogens is 609 g/mol. The number of hydrogen-bond donors (Lipinski definition) is 0. The topological polar surface area (TPSA) is 64.7 Å². The van der Waals surface area contributed by atoms with Crippen molar-refractivity contribution in [1.29, 1.82) is 0 Å². The van der Waals surface area contributed by atoms with Crippen molar-refractivity contribution in [2.45, 2.75) is 0 Å². The van der Waals surface area contributed by atoms with Crippen LogP contribution in [0.1, 0.15) is 0 Å². The smallest absolute Gasteiger partial charge is 0.165 e. The van der Waals surface area contributed by atoms with Gasteiger partial charge in [-0.3, -0.25) is 0 Å². The van der Waals surface area contributed by atoms with Gasteiger partial charge >= 0.3 is 0 Å². The van der Waals surface area contributed by atoms with Gasteiger partial charge in [0.25, 0.3) is 0 Å². The molecule has 6 heteroatoms. The minimum absolute atomic E-state index is 0.605. The highest BCUT2D eigenvalue weighted by atomic mass is 32.1. The number of aromatic nitrogens is 4. The third-order valence-electron chi connectivity index (χ3n) is 8.92. The summed E-state index contributed by atoms with van der Waals surface area (Å²) in [5.41, 5.74) is 7.20. The molecule has 0 N–H and O–H groups in total. The molecule has 0 aliphatic heterocycles. The second-order valence-corrected chi connectivity index (χ2v) is 12.9. The maximum absolute atomic E-state index is 6.46. The van der Waals surface area contributed by atoms with Crippen LogP contribution in [0.15, 0.2) is 150 Å². The average molecular weight is 633 g/mol. The Bertz CT molecular complexity index is 2860. The maximum atomic E-state index is 6.46. The van der Waals surface area contributed by atoms with E-state index in [2.05, 4.69) is 72.8 Å². The quantitative estimate of drug-likeness (QED) is 0.193. The van der Waals surface area contributed by atoms with E-state index in [0.717, 1.165) is 60.8 Å². The second-order valence-electron chi connectivity index (χ2n) is 11.8. The Morgan fingerprint density at radius 2 is 1.10 bits per heavy atom. The number of furan rings is 1. The van der Waals surface area contributed by atoms with E-state index >= 15 is 0 Å². The number of benzene rings is 6. The molecule has 6 aromatic carbocycles. The number of nitrogens with zero attached hydrogens (tertiary/aromatic N) is 4. The van der Waals surface area contributed by atoms with Crippen molar-refractivity contribution in [2.75, 3.05) is 0 Å². The van der Waals surface area contributed by atoms with Crippen molar-refractivity contribution >= 4 is 64.4 Å². The molecule has 0 amide bonds. The minimum atomic E-state index is 0.605. The average Bonchev–Trinajstić information content (AvgIpc) is 3.74. The lowest BCUT2D eigenvalue weighted by Gasteiger charge is -2.11. The second kappa shape index (κ2) is 10.7. The van der Waals surface area contributed by atoms with E-state index < -0.39 is 0 Å². The summed E-state index contributed by atoms with van der Waals surface area (Å²) in [6.07, 6.45) is 0. The van der Waals surface area contributed by atoms with E-state index in [1.807, 2.05) is 72.8 Å². The SMILES string of the molecule is c1ccc(-c2nc(-c3cccc(-c4nc5ccccc5c5oc6ccccc6c45)c3)nc(-c3cccc4c3sc3ccccc34)n2)cc1. The zero-order valence-electron chi connectivity index (χ0n) is 25.5. The highest BCUT2D eigenvalue weighted by Gasteiger charge is 2.20. The van der Waals surface area contributed by atoms with Crippen molar-refractivity contribution < 1.29 is 4.42 Å². The van der Waals surface area contributed by atoms with Crippen LogP contribution >= 0.6 is 11.3 Å². The van der Waals surface area contributed by atoms with Gasteiger partial charge in [-0.25, -0.2) is 19.9 Å². The molecule has 0 unspecified atom stereocenters. The van der Waals surface area contributed by atoms with Crippen LogP contribution < -0.4 is 0 Å². The fraction of sp³-hybridized carbons (Fsp3) is 0. The Morgan fingerprint density at radius 3 is 2.00 bits per heavy atom. The normalized spacial score (nSPS) is 11.8. The zero-order chi connectivity index (χ0) is 31.6. The van der Waals surface area contributed by atoms with E-state index in [-0.39, 0.29) is 0 Å². The van der Waals surface area contributed by atoms with Crippen LogP contribution in [0.5, 0.6) is 0 Å². The first-order chi connectivity index (χ1) is 23.8. The number of fused-ring (bicyclic) bond motifs is 8. The van der Waals surface area contributed by atoms with Crippen LogP contribution in [-0.4, -0.2) is 19.9 Å². The first-order valence-electron chi connectivity index (χ1n) is 15.8. The van der Waals surface area contributed by atoms with Crippen molar-refractivity contribution in [3.05, 3.63) is 146 Å². The molecule has 5 nitrogen and oxygen atoms in total. The Labute approximate surface area is 278 Å². The predicted molar refractivity (Wildman–Crippen MR) is 197 cm³/mol. The molecule has 4 aromatic heterocycles. The van der Waals surface area contributed by atoms with Crippen LogP contribution in [0, 0.1) is 0 Å². The third-order valence-corrected chi connectivity index (χ3v) is 10.1. The molecule has 0 bridgehead atoms. The summed E-state index contributed by atoms with van der Waals surface area (Å²) in [4.78, 5) is 20.5. The molecule has 10 rings (SSSR count). The third kappa shape index (κ3) is 4.24. The molecule has 48 heavy (non-hydrogen) atoms. The van der Waals surface area contributed by atoms with E-state index in [0.29, 0.717) is 17.5 Å².